The minimum absolute atomic E-state index is 0.110. The molecule has 1 aromatic rings. The van der Waals surface area contributed by atoms with Crippen molar-refractivity contribution in [1.82, 2.24) is 5.32 Å². The first-order valence-electron chi connectivity index (χ1n) is 5.60. The van der Waals surface area contributed by atoms with Crippen LogP contribution in [-0.4, -0.2) is 29.5 Å². The maximum absolute atomic E-state index is 11.9. The third kappa shape index (κ3) is 3.76. The van der Waals surface area contributed by atoms with Crippen LogP contribution in [0.1, 0.15) is 20.8 Å². The number of hydrogen-bond acceptors (Lipinski definition) is 3. The summed E-state index contributed by atoms with van der Waals surface area (Å²) >= 11 is 0. The van der Waals surface area contributed by atoms with Crippen molar-refractivity contribution >= 4 is 17.5 Å². The van der Waals surface area contributed by atoms with Gasteiger partial charge in [0.25, 0.3) is 0 Å². The lowest BCUT2D eigenvalue weighted by Crippen LogP contribution is -2.48. The van der Waals surface area contributed by atoms with Gasteiger partial charge in [0.15, 0.2) is 0 Å². The Labute approximate surface area is 106 Å². The number of likely N-dealkylation sites (N-methyl/N-ethyl adjacent to an activating group) is 1. The Balaban J connectivity index is 2.78. The number of amides is 2. The van der Waals surface area contributed by atoms with Gasteiger partial charge in [0.05, 0.1) is 0 Å². The van der Waals surface area contributed by atoms with E-state index in [2.05, 4.69) is 5.32 Å². The van der Waals surface area contributed by atoms with Crippen LogP contribution in [0.25, 0.3) is 0 Å². The maximum Gasteiger partial charge on any atom is 0.316 e. The van der Waals surface area contributed by atoms with E-state index in [4.69, 9.17) is 5.11 Å². The minimum atomic E-state index is -0.655. The predicted octanol–water partition coefficient (Wildman–Crippen LogP) is 1.27. The molecule has 5 heteroatoms. The normalized spacial score (nSPS) is 10.9. The lowest BCUT2D eigenvalue weighted by atomic mass is 10.1. The van der Waals surface area contributed by atoms with Crippen molar-refractivity contribution in [3.63, 3.8) is 0 Å². The molecule has 0 aliphatic rings. The van der Waals surface area contributed by atoms with Gasteiger partial charge in [0, 0.05) is 18.3 Å². The van der Waals surface area contributed by atoms with Gasteiger partial charge in [-0.15, -0.1) is 0 Å². The van der Waals surface area contributed by atoms with Gasteiger partial charge in [0.1, 0.15) is 5.75 Å². The van der Waals surface area contributed by atoms with Gasteiger partial charge in [0.2, 0.25) is 0 Å². The summed E-state index contributed by atoms with van der Waals surface area (Å²) in [7, 11) is 1.51. The van der Waals surface area contributed by atoms with Crippen molar-refractivity contribution in [2.24, 2.45) is 0 Å². The van der Waals surface area contributed by atoms with E-state index in [0.29, 0.717) is 5.69 Å². The summed E-state index contributed by atoms with van der Waals surface area (Å²) in [6.07, 6.45) is 0. The van der Waals surface area contributed by atoms with Crippen molar-refractivity contribution < 1.29 is 14.7 Å². The highest BCUT2D eigenvalue weighted by Crippen LogP contribution is 2.17. The second-order valence-corrected chi connectivity index (χ2v) is 5.08. The lowest BCUT2D eigenvalue weighted by Gasteiger charge is -2.23. The molecule has 0 bridgehead atoms. The van der Waals surface area contributed by atoms with E-state index in [0.717, 1.165) is 0 Å². The van der Waals surface area contributed by atoms with Crippen molar-refractivity contribution in [1.29, 1.82) is 0 Å². The van der Waals surface area contributed by atoms with Crippen LogP contribution in [-0.2, 0) is 9.59 Å². The molecule has 0 atom stereocenters. The summed E-state index contributed by atoms with van der Waals surface area (Å²) in [6, 6.07) is 6.05. The molecule has 0 aliphatic heterocycles. The van der Waals surface area contributed by atoms with Crippen molar-refractivity contribution in [2.75, 3.05) is 11.9 Å². The van der Waals surface area contributed by atoms with E-state index < -0.39 is 17.4 Å². The van der Waals surface area contributed by atoms with Crippen molar-refractivity contribution in [3.8, 4) is 5.75 Å². The first-order valence-corrected chi connectivity index (χ1v) is 5.60. The van der Waals surface area contributed by atoms with Gasteiger partial charge in [-0.05, 0) is 45.0 Å². The SMILES string of the molecule is CN(C(=O)C(=O)NC(C)(C)C)c1ccc(O)cc1. The zero-order chi connectivity index (χ0) is 13.9. The molecule has 2 N–H and O–H groups in total. The minimum Gasteiger partial charge on any atom is -0.508 e. The molecule has 0 spiro atoms. The fourth-order valence-corrected chi connectivity index (χ4v) is 1.34. The smallest absolute Gasteiger partial charge is 0.316 e. The monoisotopic (exact) mass is 250 g/mol. The number of anilines is 1. The molecular weight excluding hydrogens is 232 g/mol. The molecular formula is C13H18N2O3. The zero-order valence-electron chi connectivity index (χ0n) is 11.0. The van der Waals surface area contributed by atoms with Crippen molar-refractivity contribution in [2.45, 2.75) is 26.3 Å². The number of phenolic OH excluding ortho intramolecular Hbond substituents is 1. The molecule has 0 radical (unpaired) electrons. The van der Waals surface area contributed by atoms with Crippen LogP contribution in [0.5, 0.6) is 5.75 Å². The van der Waals surface area contributed by atoms with Gasteiger partial charge < -0.3 is 15.3 Å². The summed E-state index contributed by atoms with van der Waals surface area (Å²) in [6.45, 7) is 5.41. The summed E-state index contributed by atoms with van der Waals surface area (Å²) in [5, 5.41) is 11.8. The molecule has 1 rings (SSSR count). The zero-order valence-corrected chi connectivity index (χ0v) is 11.0. The standard InChI is InChI=1S/C13H18N2O3/c1-13(2,3)14-11(17)12(18)15(4)9-5-7-10(16)8-6-9/h5-8,16H,1-4H3,(H,14,17). The molecule has 0 unspecified atom stereocenters. The Bertz CT molecular complexity index is 446. The quantitative estimate of drug-likeness (QED) is 0.737. The molecule has 0 heterocycles. The molecule has 0 aromatic heterocycles. The molecule has 18 heavy (non-hydrogen) atoms. The van der Waals surface area contributed by atoms with E-state index in [1.807, 2.05) is 0 Å². The average Bonchev–Trinajstić information content (AvgIpc) is 2.26. The Morgan fingerprint density at radius 3 is 2.11 bits per heavy atom. The van der Waals surface area contributed by atoms with Gasteiger partial charge in [-0.1, -0.05) is 0 Å². The summed E-state index contributed by atoms with van der Waals surface area (Å²) in [5.74, 6) is -1.19. The molecule has 0 saturated carbocycles. The van der Waals surface area contributed by atoms with Crippen LogP contribution < -0.4 is 10.2 Å². The highest BCUT2D eigenvalue weighted by atomic mass is 16.3. The Kier molecular flexibility index (Phi) is 3.96. The number of aromatic hydroxyl groups is 1. The summed E-state index contributed by atoms with van der Waals surface area (Å²) in [5.41, 5.74) is 0.0876. The highest BCUT2D eigenvalue weighted by Gasteiger charge is 2.23. The topological polar surface area (TPSA) is 69.6 Å². The summed E-state index contributed by atoms with van der Waals surface area (Å²) < 4.78 is 0. The van der Waals surface area contributed by atoms with E-state index in [1.165, 1.54) is 24.1 Å². The molecule has 5 nitrogen and oxygen atoms in total. The number of rotatable bonds is 1. The van der Waals surface area contributed by atoms with Crippen LogP contribution in [0.15, 0.2) is 24.3 Å². The van der Waals surface area contributed by atoms with Crippen LogP contribution in [0.4, 0.5) is 5.69 Å². The van der Waals surface area contributed by atoms with Gasteiger partial charge in [-0.2, -0.15) is 0 Å². The Morgan fingerprint density at radius 1 is 1.17 bits per heavy atom. The van der Waals surface area contributed by atoms with Gasteiger partial charge in [-0.25, -0.2) is 0 Å². The number of benzene rings is 1. The fraction of sp³-hybridized carbons (Fsp3) is 0.385. The third-order valence-electron chi connectivity index (χ3n) is 2.22. The molecule has 98 valence electrons. The van der Waals surface area contributed by atoms with Crippen LogP contribution in [0.2, 0.25) is 0 Å². The number of nitrogens with zero attached hydrogens (tertiary/aromatic N) is 1. The number of phenols is 1. The van der Waals surface area contributed by atoms with Gasteiger partial charge in [-0.3, -0.25) is 9.59 Å². The second-order valence-electron chi connectivity index (χ2n) is 5.08. The molecule has 0 fully saturated rings. The van der Waals surface area contributed by atoms with E-state index in [9.17, 15) is 9.59 Å². The number of carbonyl (C=O) groups is 2. The highest BCUT2D eigenvalue weighted by molar-refractivity contribution is 6.40. The third-order valence-corrected chi connectivity index (χ3v) is 2.22. The van der Waals surface area contributed by atoms with Crippen molar-refractivity contribution in [3.05, 3.63) is 24.3 Å². The first-order chi connectivity index (χ1) is 8.20. The first kappa shape index (κ1) is 14.0. The Morgan fingerprint density at radius 2 is 1.67 bits per heavy atom. The number of carbonyl (C=O) groups excluding carboxylic acids is 2. The maximum atomic E-state index is 11.9. The molecule has 2 amide bonds. The van der Waals surface area contributed by atoms with E-state index in [-0.39, 0.29) is 5.75 Å². The molecule has 0 saturated heterocycles. The fourth-order valence-electron chi connectivity index (χ4n) is 1.34. The molecule has 1 aromatic carbocycles. The van der Waals surface area contributed by atoms with Gasteiger partial charge >= 0.3 is 11.8 Å². The lowest BCUT2D eigenvalue weighted by molar-refractivity contribution is -0.138. The van der Waals surface area contributed by atoms with Crippen LogP contribution >= 0.6 is 0 Å². The average molecular weight is 250 g/mol. The van der Waals surface area contributed by atoms with E-state index in [1.54, 1.807) is 32.9 Å². The predicted molar refractivity (Wildman–Crippen MR) is 69.4 cm³/mol. The number of nitrogens with one attached hydrogen (secondary N) is 1. The van der Waals surface area contributed by atoms with E-state index >= 15 is 0 Å². The van der Waals surface area contributed by atoms with Crippen LogP contribution in [0, 0.1) is 0 Å². The largest absolute Gasteiger partial charge is 0.508 e. The summed E-state index contributed by atoms with van der Waals surface area (Å²) in [4.78, 5) is 24.8. The molecule has 0 aliphatic carbocycles. The van der Waals surface area contributed by atoms with Crippen LogP contribution in [0.3, 0.4) is 0 Å². The number of hydrogen-bond donors (Lipinski definition) is 2. The Hall–Kier alpha value is -2.04. The second kappa shape index (κ2) is 5.08.